The number of allylic oxidation sites excluding steroid dienone is 1. The second-order valence-electron chi connectivity index (χ2n) is 8.22. The molecule has 0 unspecified atom stereocenters. The smallest absolute Gasteiger partial charge is 0.392 e. The highest BCUT2D eigenvalue weighted by Gasteiger charge is 2.53. The van der Waals surface area contributed by atoms with Crippen LogP contribution in [0.5, 0.6) is 0 Å². The highest BCUT2D eigenvalue weighted by Crippen LogP contribution is 2.50. The number of aliphatic carboxylic acids is 1. The summed E-state index contributed by atoms with van der Waals surface area (Å²) in [5.41, 5.74) is 0. The maximum atomic E-state index is 13.5. The van der Waals surface area contributed by atoms with Crippen molar-refractivity contribution in [2.75, 3.05) is 0 Å². The molecule has 0 heterocycles. The fraction of sp³-hybridized carbons (Fsp3) is 0.857. The van der Waals surface area contributed by atoms with Gasteiger partial charge in [0, 0.05) is 11.8 Å². The van der Waals surface area contributed by atoms with E-state index in [2.05, 4.69) is 0 Å². The predicted octanol–water partition coefficient (Wildman–Crippen LogP) is 5.30. The molecule has 0 aromatic heterocycles. The molecule has 170 valence electrons. The second kappa shape index (κ2) is 12.8. The molecule has 1 fully saturated rings. The van der Waals surface area contributed by atoms with Crippen molar-refractivity contribution < 1.29 is 33.3 Å². The van der Waals surface area contributed by atoms with Crippen LogP contribution >= 0.6 is 11.6 Å². The molecule has 0 radical (unpaired) electrons. The molecule has 0 spiro atoms. The van der Waals surface area contributed by atoms with Gasteiger partial charge in [-0.05, 0) is 57.3 Å². The molecule has 8 heteroatoms. The Labute approximate surface area is 176 Å². The molecule has 0 saturated heterocycles. The van der Waals surface area contributed by atoms with E-state index in [-0.39, 0.29) is 18.8 Å². The Bertz CT molecular complexity index is 511. The molecular weight excluding hydrogens is 409 g/mol. The van der Waals surface area contributed by atoms with Crippen LogP contribution in [0.15, 0.2) is 12.2 Å². The lowest BCUT2D eigenvalue weighted by Gasteiger charge is -2.25. The van der Waals surface area contributed by atoms with Gasteiger partial charge in [0.25, 0.3) is 0 Å². The summed E-state index contributed by atoms with van der Waals surface area (Å²) in [7, 11) is 0. The Morgan fingerprint density at radius 2 is 1.79 bits per heavy atom. The Morgan fingerprint density at radius 3 is 2.38 bits per heavy atom. The van der Waals surface area contributed by atoms with Crippen LogP contribution in [-0.4, -0.2) is 45.1 Å². The van der Waals surface area contributed by atoms with E-state index in [9.17, 15) is 28.2 Å². The van der Waals surface area contributed by atoms with Gasteiger partial charge in [-0.3, -0.25) is 4.79 Å². The summed E-state index contributed by atoms with van der Waals surface area (Å²) in [5, 5.41) is 27.4. The topological polar surface area (TPSA) is 77.8 Å². The summed E-state index contributed by atoms with van der Waals surface area (Å²) in [6.07, 6.45) is 2.13. The molecule has 0 aromatic carbocycles. The summed E-state index contributed by atoms with van der Waals surface area (Å²) >= 11 is 6.29. The first-order chi connectivity index (χ1) is 13.5. The molecule has 0 aromatic rings. The minimum absolute atomic E-state index is 0.107. The number of aliphatic hydroxyl groups excluding tert-OH is 2. The normalized spacial score (nSPS) is 27.4. The van der Waals surface area contributed by atoms with Crippen LogP contribution in [0.2, 0.25) is 0 Å². The van der Waals surface area contributed by atoms with Gasteiger partial charge in [-0.1, -0.05) is 31.4 Å². The van der Waals surface area contributed by atoms with E-state index in [1.54, 1.807) is 6.92 Å². The van der Waals surface area contributed by atoms with E-state index in [0.29, 0.717) is 38.5 Å². The van der Waals surface area contributed by atoms with Gasteiger partial charge in [0.05, 0.1) is 18.1 Å². The minimum Gasteiger partial charge on any atom is -0.481 e. The Hall–Kier alpha value is -0.790. The summed E-state index contributed by atoms with van der Waals surface area (Å²) in [6.45, 7) is 1.65. The highest BCUT2D eigenvalue weighted by atomic mass is 35.5. The molecule has 1 aliphatic carbocycles. The van der Waals surface area contributed by atoms with Crippen molar-refractivity contribution in [2.45, 2.75) is 94.9 Å². The summed E-state index contributed by atoms with van der Waals surface area (Å²) in [4.78, 5) is 10.5. The van der Waals surface area contributed by atoms with Gasteiger partial charge in [0.1, 0.15) is 0 Å². The number of unbranched alkanes of at least 4 members (excludes halogenated alkanes) is 3. The molecule has 3 N–H and O–H groups in total. The lowest BCUT2D eigenvalue weighted by molar-refractivity contribution is -0.181. The van der Waals surface area contributed by atoms with Gasteiger partial charge in [0.15, 0.2) is 0 Å². The number of carbonyl (C=O) groups is 1. The Kier molecular flexibility index (Phi) is 11.6. The zero-order valence-electron chi connectivity index (χ0n) is 17.0. The highest BCUT2D eigenvalue weighted by molar-refractivity contribution is 6.21. The first-order valence-electron chi connectivity index (χ1n) is 10.5. The van der Waals surface area contributed by atoms with Crippen LogP contribution in [-0.2, 0) is 4.79 Å². The van der Waals surface area contributed by atoms with Crippen LogP contribution < -0.4 is 0 Å². The maximum Gasteiger partial charge on any atom is 0.392 e. The van der Waals surface area contributed by atoms with E-state index < -0.39 is 41.6 Å². The van der Waals surface area contributed by atoms with Gasteiger partial charge in [-0.15, -0.1) is 11.6 Å². The summed E-state index contributed by atoms with van der Waals surface area (Å²) < 4.78 is 40.5. The average molecular weight is 443 g/mol. The van der Waals surface area contributed by atoms with Crippen molar-refractivity contribution in [2.24, 2.45) is 17.8 Å². The predicted molar refractivity (Wildman–Crippen MR) is 107 cm³/mol. The lowest BCUT2D eigenvalue weighted by Crippen LogP contribution is -2.28. The largest absolute Gasteiger partial charge is 0.481 e. The van der Waals surface area contributed by atoms with Crippen molar-refractivity contribution in [3.05, 3.63) is 12.2 Å². The van der Waals surface area contributed by atoms with E-state index in [1.165, 1.54) is 12.2 Å². The zero-order valence-corrected chi connectivity index (χ0v) is 17.7. The standard InChI is InChI=1S/C21H34ClF3O4/c1-14(26)7-6-8-15(27)11-12-16-17(9-4-2-3-5-10-20(28)29)19(22)13-18(16)21(23,24)25/h11-12,14-19,26-27H,2-10,13H2,1H3,(H,28,29)/b12-11+/t14-,15+,16-,17-,18-,19-/m1/s1. The van der Waals surface area contributed by atoms with Crippen molar-refractivity contribution >= 4 is 17.6 Å². The molecule has 29 heavy (non-hydrogen) atoms. The van der Waals surface area contributed by atoms with Crippen molar-refractivity contribution in [3.8, 4) is 0 Å². The number of carboxylic acids is 1. The molecule has 6 atom stereocenters. The van der Waals surface area contributed by atoms with Gasteiger partial charge in [-0.2, -0.15) is 13.2 Å². The number of aliphatic hydroxyl groups is 2. The molecule has 0 bridgehead atoms. The first-order valence-corrected chi connectivity index (χ1v) is 10.9. The van der Waals surface area contributed by atoms with E-state index in [4.69, 9.17) is 16.7 Å². The van der Waals surface area contributed by atoms with Gasteiger partial charge in [0.2, 0.25) is 0 Å². The van der Waals surface area contributed by atoms with Gasteiger partial charge in [-0.25, -0.2) is 0 Å². The van der Waals surface area contributed by atoms with Crippen molar-refractivity contribution in [1.29, 1.82) is 0 Å². The summed E-state index contributed by atoms with van der Waals surface area (Å²) in [6, 6.07) is 0. The van der Waals surface area contributed by atoms with Crippen LogP contribution in [0.3, 0.4) is 0 Å². The third-order valence-electron chi connectivity index (χ3n) is 5.68. The first kappa shape index (κ1) is 26.2. The molecule has 4 nitrogen and oxygen atoms in total. The van der Waals surface area contributed by atoms with Crippen LogP contribution in [0.1, 0.15) is 71.1 Å². The molecule has 1 aliphatic rings. The van der Waals surface area contributed by atoms with Crippen LogP contribution in [0.4, 0.5) is 13.2 Å². The van der Waals surface area contributed by atoms with E-state index in [1.807, 2.05) is 0 Å². The number of halogens is 4. The number of carboxylic acid groups (broad SMARTS) is 1. The van der Waals surface area contributed by atoms with Crippen molar-refractivity contribution in [3.63, 3.8) is 0 Å². The quantitative estimate of drug-likeness (QED) is 0.205. The van der Waals surface area contributed by atoms with Gasteiger partial charge >= 0.3 is 12.1 Å². The SMILES string of the molecule is C[C@@H](O)CCC[C@H](O)/C=C/[C@@H]1[C@@H](CCCCCCC(=O)O)[C@H](Cl)C[C@H]1C(F)(F)F. The van der Waals surface area contributed by atoms with E-state index >= 15 is 0 Å². The Balaban J connectivity index is 2.64. The molecule has 1 rings (SSSR count). The number of alkyl halides is 4. The third-order valence-corrected chi connectivity index (χ3v) is 6.18. The zero-order chi connectivity index (χ0) is 22.0. The average Bonchev–Trinajstić information content (AvgIpc) is 2.91. The van der Waals surface area contributed by atoms with Crippen molar-refractivity contribution in [1.82, 2.24) is 0 Å². The minimum atomic E-state index is -4.34. The summed E-state index contributed by atoms with van der Waals surface area (Å²) in [5.74, 6) is -3.43. The monoisotopic (exact) mass is 442 g/mol. The number of hydrogen-bond donors (Lipinski definition) is 3. The number of hydrogen-bond acceptors (Lipinski definition) is 3. The van der Waals surface area contributed by atoms with Crippen LogP contribution in [0.25, 0.3) is 0 Å². The molecular formula is C21H34ClF3O4. The Morgan fingerprint density at radius 1 is 1.14 bits per heavy atom. The second-order valence-corrected chi connectivity index (χ2v) is 8.78. The lowest BCUT2D eigenvalue weighted by atomic mass is 9.85. The molecule has 0 aliphatic heterocycles. The fourth-order valence-electron chi connectivity index (χ4n) is 4.10. The van der Waals surface area contributed by atoms with E-state index in [0.717, 1.165) is 12.8 Å². The molecule has 0 amide bonds. The van der Waals surface area contributed by atoms with Crippen LogP contribution in [0, 0.1) is 17.8 Å². The molecule has 1 saturated carbocycles. The number of rotatable bonds is 13. The van der Waals surface area contributed by atoms with Gasteiger partial charge < -0.3 is 15.3 Å². The third kappa shape index (κ3) is 10.2. The maximum absolute atomic E-state index is 13.5. The fourth-order valence-corrected chi connectivity index (χ4v) is 4.59.